The minimum absolute atomic E-state index is 0.0302. The van der Waals surface area contributed by atoms with Gasteiger partial charge in [-0.1, -0.05) is 42.5 Å². The number of carbonyl (C=O) groups excluding carboxylic acids is 1. The topological polar surface area (TPSA) is 35.5 Å². The van der Waals surface area contributed by atoms with Crippen molar-refractivity contribution in [2.75, 3.05) is 13.2 Å². The Hall–Kier alpha value is -1.61. The second-order valence-corrected chi connectivity index (χ2v) is 5.66. The molecule has 106 valence electrons. The molecule has 1 aromatic carbocycles. The van der Waals surface area contributed by atoms with Crippen molar-refractivity contribution < 1.29 is 14.3 Å². The van der Waals surface area contributed by atoms with Crippen LogP contribution in [0.15, 0.2) is 42.5 Å². The van der Waals surface area contributed by atoms with Crippen LogP contribution in [0, 0.1) is 11.3 Å². The molecule has 0 aromatic heterocycles. The second-order valence-electron chi connectivity index (χ2n) is 5.66. The average Bonchev–Trinajstić information content (AvgIpc) is 2.83. The highest BCUT2D eigenvalue weighted by Crippen LogP contribution is 2.45. The first-order valence-electron chi connectivity index (χ1n) is 7.26. The van der Waals surface area contributed by atoms with Gasteiger partial charge in [-0.25, -0.2) is 0 Å². The summed E-state index contributed by atoms with van der Waals surface area (Å²) in [6, 6.07) is 10.1. The van der Waals surface area contributed by atoms with Gasteiger partial charge in [0.15, 0.2) is 0 Å². The molecule has 0 radical (unpaired) electrons. The van der Waals surface area contributed by atoms with Crippen LogP contribution in [-0.2, 0) is 20.9 Å². The van der Waals surface area contributed by atoms with Crippen molar-refractivity contribution >= 4 is 5.97 Å². The molecule has 1 saturated heterocycles. The standard InChI is InChI=1S/C17H20O3/c18-16-15-8-4-5-9-17(15,13-20-16)10-11-19-12-14-6-2-1-3-7-14/h1-3,5-7,9,15H,4,8,10-13H2/t15-,17-/m0/s1. The molecular formula is C17H20O3. The number of carbonyl (C=O) groups is 1. The van der Waals surface area contributed by atoms with Crippen molar-refractivity contribution in [2.45, 2.75) is 25.9 Å². The van der Waals surface area contributed by atoms with Crippen LogP contribution in [0.25, 0.3) is 0 Å². The van der Waals surface area contributed by atoms with E-state index in [0.717, 1.165) is 19.3 Å². The van der Waals surface area contributed by atoms with Crippen LogP contribution in [0.4, 0.5) is 0 Å². The zero-order valence-corrected chi connectivity index (χ0v) is 11.6. The van der Waals surface area contributed by atoms with Gasteiger partial charge in [-0.15, -0.1) is 0 Å². The van der Waals surface area contributed by atoms with Crippen molar-refractivity contribution in [1.82, 2.24) is 0 Å². The minimum atomic E-state index is -0.119. The summed E-state index contributed by atoms with van der Waals surface area (Å²) in [7, 11) is 0. The van der Waals surface area contributed by atoms with Crippen LogP contribution in [0.1, 0.15) is 24.8 Å². The number of hydrogen-bond donors (Lipinski definition) is 0. The minimum Gasteiger partial charge on any atom is -0.464 e. The first-order chi connectivity index (χ1) is 9.80. The number of fused-ring (bicyclic) bond motifs is 1. The van der Waals surface area contributed by atoms with E-state index in [1.54, 1.807) is 0 Å². The van der Waals surface area contributed by atoms with Gasteiger partial charge < -0.3 is 9.47 Å². The summed E-state index contributed by atoms with van der Waals surface area (Å²) in [6.45, 7) is 1.80. The number of esters is 1. The third-order valence-electron chi connectivity index (χ3n) is 4.36. The number of cyclic esters (lactones) is 1. The monoisotopic (exact) mass is 272 g/mol. The fraction of sp³-hybridized carbons (Fsp3) is 0.471. The van der Waals surface area contributed by atoms with E-state index in [0.29, 0.717) is 19.8 Å². The molecule has 0 bridgehead atoms. The number of allylic oxidation sites excluding steroid dienone is 1. The van der Waals surface area contributed by atoms with Crippen molar-refractivity contribution in [1.29, 1.82) is 0 Å². The quantitative estimate of drug-likeness (QED) is 0.469. The van der Waals surface area contributed by atoms with Gasteiger partial charge in [-0.3, -0.25) is 4.79 Å². The lowest BCUT2D eigenvalue weighted by atomic mass is 9.70. The molecule has 3 heteroatoms. The molecule has 3 nitrogen and oxygen atoms in total. The van der Waals surface area contributed by atoms with Crippen molar-refractivity contribution in [3.63, 3.8) is 0 Å². The van der Waals surface area contributed by atoms with E-state index in [1.807, 2.05) is 18.2 Å². The van der Waals surface area contributed by atoms with E-state index in [-0.39, 0.29) is 17.3 Å². The molecule has 3 rings (SSSR count). The zero-order valence-electron chi connectivity index (χ0n) is 11.6. The van der Waals surface area contributed by atoms with Crippen molar-refractivity contribution in [2.24, 2.45) is 11.3 Å². The Balaban J connectivity index is 1.54. The summed E-state index contributed by atoms with van der Waals surface area (Å²) in [4.78, 5) is 11.8. The van der Waals surface area contributed by atoms with Crippen LogP contribution in [0.5, 0.6) is 0 Å². The molecule has 1 aliphatic carbocycles. The molecule has 0 saturated carbocycles. The summed E-state index contributed by atoms with van der Waals surface area (Å²) in [6.07, 6.45) is 7.10. The molecular weight excluding hydrogens is 252 g/mol. The Morgan fingerprint density at radius 2 is 2.15 bits per heavy atom. The summed E-state index contributed by atoms with van der Waals surface area (Å²) in [5, 5.41) is 0. The summed E-state index contributed by atoms with van der Waals surface area (Å²) >= 11 is 0. The third-order valence-corrected chi connectivity index (χ3v) is 4.36. The molecule has 0 unspecified atom stereocenters. The lowest BCUT2D eigenvalue weighted by molar-refractivity contribution is -0.141. The summed E-state index contributed by atoms with van der Waals surface area (Å²) in [5.74, 6) is 0.00485. The molecule has 1 fully saturated rings. The van der Waals surface area contributed by atoms with E-state index >= 15 is 0 Å². The molecule has 2 atom stereocenters. The lowest BCUT2D eigenvalue weighted by Gasteiger charge is -2.31. The Kier molecular flexibility index (Phi) is 3.88. The normalized spacial score (nSPS) is 28.2. The fourth-order valence-corrected chi connectivity index (χ4v) is 3.15. The van der Waals surface area contributed by atoms with E-state index in [1.165, 1.54) is 5.56 Å². The molecule has 1 aliphatic heterocycles. The molecule has 0 amide bonds. The highest BCUT2D eigenvalue weighted by Gasteiger charge is 2.48. The Morgan fingerprint density at radius 1 is 1.30 bits per heavy atom. The van der Waals surface area contributed by atoms with Gasteiger partial charge in [0.1, 0.15) is 6.61 Å². The number of rotatable bonds is 5. The average molecular weight is 272 g/mol. The molecule has 1 heterocycles. The zero-order chi connectivity index (χ0) is 13.8. The SMILES string of the molecule is O=C1OC[C@@]2(CCOCc3ccccc3)C=CCC[C@@H]12. The van der Waals surface area contributed by atoms with Gasteiger partial charge in [0.05, 0.1) is 12.5 Å². The summed E-state index contributed by atoms with van der Waals surface area (Å²) < 4.78 is 11.0. The molecule has 0 spiro atoms. The second kappa shape index (κ2) is 5.80. The summed E-state index contributed by atoms with van der Waals surface area (Å²) in [5.41, 5.74) is 1.06. The highest BCUT2D eigenvalue weighted by molar-refractivity contribution is 5.76. The number of ether oxygens (including phenoxy) is 2. The predicted octanol–water partition coefficient (Wildman–Crippen LogP) is 3.10. The predicted molar refractivity (Wildman–Crippen MR) is 76.0 cm³/mol. The maximum atomic E-state index is 11.8. The van der Waals surface area contributed by atoms with Crippen molar-refractivity contribution in [3.05, 3.63) is 48.0 Å². The Morgan fingerprint density at radius 3 is 3.00 bits per heavy atom. The van der Waals surface area contributed by atoms with E-state index in [9.17, 15) is 4.79 Å². The smallest absolute Gasteiger partial charge is 0.309 e. The largest absolute Gasteiger partial charge is 0.464 e. The van der Waals surface area contributed by atoms with Crippen LogP contribution < -0.4 is 0 Å². The molecule has 2 aliphatic rings. The first kappa shape index (κ1) is 13.4. The number of benzene rings is 1. The fourth-order valence-electron chi connectivity index (χ4n) is 3.15. The highest BCUT2D eigenvalue weighted by atomic mass is 16.5. The van der Waals surface area contributed by atoms with Crippen molar-refractivity contribution in [3.8, 4) is 0 Å². The van der Waals surface area contributed by atoms with Gasteiger partial charge in [0.25, 0.3) is 0 Å². The van der Waals surface area contributed by atoms with Gasteiger partial charge >= 0.3 is 5.97 Å². The van der Waals surface area contributed by atoms with E-state index in [2.05, 4.69) is 24.3 Å². The molecule has 20 heavy (non-hydrogen) atoms. The van der Waals surface area contributed by atoms with Gasteiger partial charge in [-0.05, 0) is 24.8 Å². The lowest BCUT2D eigenvalue weighted by Crippen LogP contribution is -2.32. The number of hydrogen-bond acceptors (Lipinski definition) is 3. The maximum Gasteiger partial charge on any atom is 0.309 e. The molecule has 0 N–H and O–H groups in total. The van der Waals surface area contributed by atoms with Crippen LogP contribution in [-0.4, -0.2) is 19.2 Å². The van der Waals surface area contributed by atoms with Crippen LogP contribution in [0.2, 0.25) is 0 Å². The van der Waals surface area contributed by atoms with Crippen LogP contribution in [0.3, 0.4) is 0 Å². The van der Waals surface area contributed by atoms with E-state index < -0.39 is 0 Å². The van der Waals surface area contributed by atoms with Gasteiger partial charge in [0.2, 0.25) is 0 Å². The maximum absolute atomic E-state index is 11.8. The Bertz CT molecular complexity index is 494. The van der Waals surface area contributed by atoms with Crippen LogP contribution >= 0.6 is 0 Å². The Labute approximate surface area is 119 Å². The first-order valence-corrected chi connectivity index (χ1v) is 7.26. The third kappa shape index (κ3) is 2.63. The van der Waals surface area contributed by atoms with E-state index in [4.69, 9.17) is 9.47 Å². The van der Waals surface area contributed by atoms with Gasteiger partial charge in [-0.2, -0.15) is 0 Å². The molecule has 1 aromatic rings. The van der Waals surface area contributed by atoms with Gasteiger partial charge in [0, 0.05) is 12.0 Å².